The Morgan fingerprint density at radius 3 is 0.318 bits per heavy atom. The normalized spacial score (nSPS) is 1.27. The molecular formula is C10H6Mn2O8Te2. The minimum Gasteiger partial charge on any atom is 0 e. The van der Waals surface area contributed by atoms with Crippen molar-refractivity contribution in [3.63, 3.8) is 0 Å². The zero-order valence-corrected chi connectivity index (χ0v) is 17.9. The van der Waals surface area contributed by atoms with E-state index in [1.165, 1.54) is 0 Å². The third kappa shape index (κ3) is 27100. The van der Waals surface area contributed by atoms with Gasteiger partial charge in [0.15, 0.2) is 0 Å². The summed E-state index contributed by atoms with van der Waals surface area (Å²) in [4.78, 5) is 4.02. The van der Waals surface area contributed by atoms with Gasteiger partial charge in [-0.1, -0.05) is 0 Å². The molecule has 0 aliphatic carbocycles. The maximum Gasteiger partial charge on any atom is 0 e. The topological polar surface area (TPSA) is 159 Å². The van der Waals surface area contributed by atoms with Crippen molar-refractivity contribution in [3.05, 3.63) is 53.2 Å². The van der Waals surface area contributed by atoms with Crippen LogP contribution in [-0.4, -0.2) is 44.6 Å². The monoisotopic (exact) mass is 624 g/mol. The Labute approximate surface area is 177 Å². The van der Waals surface area contributed by atoms with E-state index < -0.39 is 0 Å². The first-order chi connectivity index (χ1) is 10.0. The molecular weight excluding hydrogens is 613 g/mol. The molecule has 8 nitrogen and oxygen atoms in total. The smallest absolute Gasteiger partial charge is 0 e. The molecule has 0 rings (SSSR count). The maximum atomic E-state index is 7.50. The molecule has 4 radical (unpaired) electrons. The molecule has 12 heteroatoms. The van der Waals surface area contributed by atoms with E-state index in [-0.39, 0.29) is 34.1 Å². The quantitative estimate of drug-likeness (QED) is 0.205. The maximum absolute atomic E-state index is 7.50. The molecule has 0 aromatic carbocycles. The molecule has 0 unspecified atom stereocenters. The van der Waals surface area contributed by atoms with Crippen LogP contribution in [0.4, 0.5) is 0 Å². The minimum absolute atomic E-state index is 0. The summed E-state index contributed by atoms with van der Waals surface area (Å²) in [5.74, 6) is 0. The largest absolute Gasteiger partial charge is 0 e. The predicted molar refractivity (Wildman–Crippen MR) is 54.7 cm³/mol. The van der Waals surface area contributed by atoms with Crippen LogP contribution in [0.15, 0.2) is 0 Å². The Kier molecular flexibility index (Phi) is 134000. The van der Waals surface area contributed by atoms with Crippen LogP contribution >= 0.6 is 0 Å². The van der Waals surface area contributed by atoms with Crippen molar-refractivity contribution in [2.24, 2.45) is 0 Å². The van der Waals surface area contributed by atoms with Crippen molar-refractivity contribution >= 4 is 44.6 Å². The molecule has 22 heavy (non-hydrogen) atoms. The summed E-state index contributed by atoms with van der Waals surface area (Å²) in [6, 6.07) is 0. The molecule has 0 aromatic heterocycles. The predicted octanol–water partition coefficient (Wildman–Crippen LogP) is 0.101. The van der Waals surface area contributed by atoms with Gasteiger partial charge >= 0.3 is 145 Å². The Morgan fingerprint density at radius 2 is 0.318 bits per heavy atom. The second-order valence-corrected chi connectivity index (χ2v) is 0. The van der Waals surface area contributed by atoms with Crippen molar-refractivity contribution in [2.75, 3.05) is 0 Å². The van der Waals surface area contributed by atoms with E-state index >= 15 is 0 Å². The van der Waals surface area contributed by atoms with Gasteiger partial charge in [0.1, 0.15) is 0 Å². The van der Waals surface area contributed by atoms with E-state index in [4.69, 9.17) is 37.2 Å². The van der Waals surface area contributed by atoms with Gasteiger partial charge in [0.2, 0.25) is 0 Å². The van der Waals surface area contributed by atoms with Crippen molar-refractivity contribution in [3.8, 4) is 0 Å². The van der Waals surface area contributed by atoms with Crippen molar-refractivity contribution < 1.29 is 71.4 Å². The second-order valence-electron chi connectivity index (χ2n) is 0. The van der Waals surface area contributed by atoms with Crippen LogP contribution in [-0.2, 0) is 71.4 Å². The van der Waals surface area contributed by atoms with Gasteiger partial charge < -0.3 is 0 Å². The summed E-state index contributed by atoms with van der Waals surface area (Å²) < 4.78 is 60.0. The van der Waals surface area contributed by atoms with E-state index in [1.54, 1.807) is 0 Å². The fourth-order valence-corrected chi connectivity index (χ4v) is 0. The molecule has 0 spiro atoms. The van der Waals surface area contributed by atoms with Gasteiger partial charge in [0, 0.05) is 34.1 Å². The van der Waals surface area contributed by atoms with Crippen LogP contribution in [0, 0.1) is 53.2 Å². The van der Waals surface area contributed by atoms with Gasteiger partial charge in [-0.2, -0.15) is 0 Å². The zero-order valence-electron chi connectivity index (χ0n) is 10.8. The molecule has 0 aromatic rings. The number of rotatable bonds is 0. The first-order valence-electron chi connectivity index (χ1n) is 2.45. The summed E-state index contributed by atoms with van der Waals surface area (Å²) >= 11 is 3.90. The van der Waals surface area contributed by atoms with Crippen molar-refractivity contribution in [1.29, 1.82) is 0 Å². The van der Waals surface area contributed by atoms with Crippen LogP contribution in [0.3, 0.4) is 0 Å². The van der Waals surface area contributed by atoms with E-state index in [9.17, 15) is 0 Å². The molecule has 0 aliphatic heterocycles. The molecule has 0 bridgehead atoms. The van der Waals surface area contributed by atoms with Gasteiger partial charge in [-0.05, 0) is 0 Å². The van der Waals surface area contributed by atoms with E-state index in [0.717, 1.165) is 0 Å². The van der Waals surface area contributed by atoms with Crippen LogP contribution in [0.1, 0.15) is 0 Å². The third-order valence-corrected chi connectivity index (χ3v) is 0. The fraction of sp³-hybridized carbons (Fsp3) is 0.200. The van der Waals surface area contributed by atoms with E-state index in [0.29, 0.717) is 0 Å². The molecule has 120 valence electrons. The van der Waals surface area contributed by atoms with E-state index in [2.05, 4.69) is 53.2 Å². The van der Waals surface area contributed by atoms with Crippen LogP contribution in [0.25, 0.3) is 0 Å². The van der Waals surface area contributed by atoms with Crippen molar-refractivity contribution in [1.82, 2.24) is 0 Å². The molecule has 0 saturated carbocycles. The minimum atomic E-state index is 0. The zero-order chi connectivity index (χ0) is 20.0. The summed E-state index contributed by atoms with van der Waals surface area (Å²) in [6.07, 6.45) is 0. The average Bonchev–Trinajstić information content (AvgIpc) is 2.71. The molecule has 0 atom stereocenters. The molecule has 0 saturated heterocycles. The van der Waals surface area contributed by atoms with Crippen LogP contribution in [0.5, 0.6) is 0 Å². The standard InChI is InChI=1S/8CO.2CH3Te.2Mn/c10*1-2;;/h;;;;;;;;2*1H3;;. The Bertz CT molecular complexity index is 147. The second kappa shape index (κ2) is 31400. The van der Waals surface area contributed by atoms with E-state index in [1.807, 2.05) is 54.5 Å². The summed E-state index contributed by atoms with van der Waals surface area (Å²) in [7, 11) is 0. The van der Waals surface area contributed by atoms with Crippen LogP contribution < -0.4 is 0 Å². The van der Waals surface area contributed by atoms with Gasteiger partial charge in [-0.3, -0.25) is 0 Å². The Morgan fingerprint density at radius 1 is 0.318 bits per heavy atom. The molecule has 0 fully saturated rings. The number of hydrogen-bond donors (Lipinski definition) is 0. The van der Waals surface area contributed by atoms with Gasteiger partial charge in [0.05, 0.1) is 0 Å². The molecule has 0 aliphatic rings. The SMILES string of the molecule is C[Te].C[Te].[C-]#[O+].[C-]#[O+].[C-]#[O+].[C-]#[O+].[C-]#[O+].[C-]#[O+].[C-]#[O+].[C-]#[O+].[Mn].[Mn]. The third-order valence-electron chi connectivity index (χ3n) is 0. The number of hydrogen-bond acceptors (Lipinski definition) is 0. The van der Waals surface area contributed by atoms with Gasteiger partial charge in [-0.15, -0.1) is 0 Å². The van der Waals surface area contributed by atoms with Crippen molar-refractivity contribution in [2.45, 2.75) is 9.94 Å². The first kappa shape index (κ1) is 94.1. The van der Waals surface area contributed by atoms with Crippen LogP contribution in [0.2, 0.25) is 9.94 Å². The summed E-state index contributed by atoms with van der Waals surface area (Å²) in [5, 5.41) is 0. The van der Waals surface area contributed by atoms with Gasteiger partial charge in [0.25, 0.3) is 0 Å². The van der Waals surface area contributed by atoms with Gasteiger partial charge in [-0.25, -0.2) is 0 Å². The first-order valence-corrected chi connectivity index (χ1v) is 7.11. The average molecular weight is 619 g/mol. The summed E-state index contributed by atoms with van der Waals surface area (Å²) in [6.45, 7) is 36.0. The molecule has 0 N–H and O–H groups in total. The summed E-state index contributed by atoms with van der Waals surface area (Å²) in [5.41, 5.74) is 0. The molecule has 0 amide bonds. The Hall–Kier alpha value is 0.538. The Balaban J connectivity index is -0.00000000500. The fourth-order valence-electron chi connectivity index (χ4n) is 0. The molecule has 0 heterocycles.